The molecule has 2 heterocycles. The van der Waals surface area contributed by atoms with Gasteiger partial charge in [-0.1, -0.05) is 48.1 Å². The van der Waals surface area contributed by atoms with Crippen molar-refractivity contribution in [2.24, 2.45) is 0 Å². The van der Waals surface area contributed by atoms with E-state index in [1.165, 1.54) is 0 Å². The zero-order valence-corrected chi connectivity index (χ0v) is 11.4. The van der Waals surface area contributed by atoms with Gasteiger partial charge in [-0.15, -0.1) is 0 Å². The van der Waals surface area contributed by atoms with E-state index in [9.17, 15) is 0 Å². The van der Waals surface area contributed by atoms with Gasteiger partial charge in [0.25, 0.3) is 0 Å². The number of hydrogen-bond donors (Lipinski definition) is 0. The van der Waals surface area contributed by atoms with Crippen LogP contribution in [-0.4, -0.2) is 4.98 Å². The zero-order chi connectivity index (χ0) is 13.8. The molecule has 0 aliphatic carbocycles. The Hall–Kier alpha value is -2.39. The van der Waals surface area contributed by atoms with Crippen LogP contribution in [0.4, 0.5) is 5.82 Å². The molecule has 0 atom stereocenters. The minimum atomic E-state index is 0.659. The van der Waals surface area contributed by atoms with Crippen LogP contribution in [0.1, 0.15) is 0 Å². The molecule has 0 saturated carbocycles. The van der Waals surface area contributed by atoms with Gasteiger partial charge in [0.2, 0.25) is 0 Å². The summed E-state index contributed by atoms with van der Waals surface area (Å²) in [6.45, 7) is 0. The maximum Gasteiger partial charge on any atom is 0.182 e. The third-order valence-corrected chi connectivity index (χ3v) is 3.06. The number of halogens is 1. The molecule has 1 aromatic carbocycles. The second kappa shape index (κ2) is 5.72. The van der Waals surface area contributed by atoms with E-state index in [-0.39, 0.29) is 0 Å². The Morgan fingerprint density at radius 1 is 0.900 bits per heavy atom. The normalized spacial score (nSPS) is 10.2. The first kappa shape index (κ1) is 12.6. The smallest absolute Gasteiger partial charge is 0.182 e. The third-order valence-electron chi connectivity index (χ3n) is 2.82. The van der Waals surface area contributed by atoms with E-state index in [0.717, 1.165) is 16.1 Å². The zero-order valence-electron chi connectivity index (χ0n) is 10.6. The lowest BCUT2D eigenvalue weighted by atomic mass is 10.1. The number of aromatic nitrogens is 2. The summed E-state index contributed by atoms with van der Waals surface area (Å²) < 4.78 is 1.72. The Morgan fingerprint density at radius 2 is 1.75 bits per heavy atom. The van der Waals surface area contributed by atoms with Crippen LogP contribution in [0.25, 0.3) is 16.6 Å². The molecule has 0 bridgehead atoms. The molecule has 98 valence electrons. The van der Waals surface area contributed by atoms with Gasteiger partial charge in [-0.25, -0.2) is 0 Å². The Bertz CT molecular complexity index is 696. The van der Waals surface area contributed by atoms with E-state index >= 15 is 0 Å². The highest BCUT2D eigenvalue weighted by molar-refractivity contribution is 6.30. The van der Waals surface area contributed by atoms with Crippen LogP contribution in [0.5, 0.6) is 0 Å². The lowest BCUT2D eigenvalue weighted by Gasteiger charge is -2.10. The molecular formula is C16H12ClN3. The Balaban J connectivity index is 1.81. The van der Waals surface area contributed by atoms with Crippen LogP contribution < -0.4 is 4.68 Å². The third kappa shape index (κ3) is 2.95. The highest BCUT2D eigenvalue weighted by Gasteiger charge is 1.98. The SMILES string of the molecule is Clc1cccc(-c2ccc([N-][n+]3ccccc3)nc2)c1. The minimum Gasteiger partial charge on any atom is -0.438 e. The Labute approximate surface area is 122 Å². The summed E-state index contributed by atoms with van der Waals surface area (Å²) in [5.74, 6) is 0.659. The van der Waals surface area contributed by atoms with Crippen molar-refractivity contribution in [1.29, 1.82) is 0 Å². The van der Waals surface area contributed by atoms with Crippen LogP contribution in [0.3, 0.4) is 0 Å². The summed E-state index contributed by atoms with van der Waals surface area (Å²) in [4.78, 5) is 4.35. The van der Waals surface area contributed by atoms with E-state index in [4.69, 9.17) is 11.6 Å². The van der Waals surface area contributed by atoms with Crippen LogP contribution >= 0.6 is 11.6 Å². The van der Waals surface area contributed by atoms with E-state index in [1.54, 1.807) is 10.9 Å². The van der Waals surface area contributed by atoms with Gasteiger partial charge in [-0.05, 0) is 23.3 Å². The number of pyridine rings is 2. The van der Waals surface area contributed by atoms with Gasteiger partial charge in [0.05, 0.1) is 0 Å². The fourth-order valence-corrected chi connectivity index (χ4v) is 2.05. The summed E-state index contributed by atoms with van der Waals surface area (Å²) in [7, 11) is 0. The van der Waals surface area contributed by atoms with Gasteiger partial charge in [0.1, 0.15) is 0 Å². The summed E-state index contributed by atoms with van der Waals surface area (Å²) in [6.07, 6.45) is 5.53. The summed E-state index contributed by atoms with van der Waals surface area (Å²) in [5.41, 5.74) is 6.44. The van der Waals surface area contributed by atoms with Crippen molar-refractivity contribution in [2.75, 3.05) is 0 Å². The molecule has 3 nitrogen and oxygen atoms in total. The Morgan fingerprint density at radius 3 is 2.45 bits per heavy atom. The van der Waals surface area contributed by atoms with Crippen molar-refractivity contribution in [1.82, 2.24) is 4.98 Å². The van der Waals surface area contributed by atoms with Crippen molar-refractivity contribution in [3.05, 3.63) is 83.6 Å². The molecule has 20 heavy (non-hydrogen) atoms. The molecule has 0 radical (unpaired) electrons. The molecule has 4 heteroatoms. The monoisotopic (exact) mass is 281 g/mol. The average molecular weight is 282 g/mol. The first-order valence-electron chi connectivity index (χ1n) is 6.21. The number of benzene rings is 1. The first-order valence-corrected chi connectivity index (χ1v) is 6.59. The van der Waals surface area contributed by atoms with Gasteiger partial charge in [0.15, 0.2) is 12.4 Å². The average Bonchev–Trinajstić information content (AvgIpc) is 2.49. The minimum absolute atomic E-state index is 0.659. The summed E-state index contributed by atoms with van der Waals surface area (Å²) >= 11 is 5.99. The van der Waals surface area contributed by atoms with Gasteiger partial charge >= 0.3 is 0 Å². The first-order chi connectivity index (χ1) is 9.81. The molecule has 0 saturated heterocycles. The quantitative estimate of drug-likeness (QED) is 0.663. The summed E-state index contributed by atoms with van der Waals surface area (Å²) in [6, 6.07) is 17.4. The molecule has 3 rings (SSSR count). The van der Waals surface area contributed by atoms with Crippen molar-refractivity contribution < 1.29 is 4.68 Å². The van der Waals surface area contributed by atoms with Crippen molar-refractivity contribution >= 4 is 17.4 Å². The molecule has 0 fully saturated rings. The van der Waals surface area contributed by atoms with Gasteiger partial charge in [0, 0.05) is 23.0 Å². The maximum atomic E-state index is 5.99. The Kier molecular flexibility index (Phi) is 3.61. The fourth-order valence-electron chi connectivity index (χ4n) is 1.86. The van der Waals surface area contributed by atoms with Crippen LogP contribution in [0, 0.1) is 0 Å². The molecule has 3 aromatic rings. The van der Waals surface area contributed by atoms with Crippen LogP contribution in [0.2, 0.25) is 5.02 Å². The van der Waals surface area contributed by atoms with Crippen LogP contribution in [0.15, 0.2) is 73.2 Å². The highest BCUT2D eigenvalue weighted by Crippen LogP contribution is 2.23. The predicted octanol–water partition coefficient (Wildman–Crippen LogP) is 4.16. The number of nitrogens with zero attached hydrogens (tertiary/aromatic N) is 3. The highest BCUT2D eigenvalue weighted by atomic mass is 35.5. The standard InChI is InChI=1S/C16H12ClN3/c17-15-6-4-5-13(11-15)14-7-8-16(18-12-14)19-20-9-2-1-3-10-20/h1-12H. The van der Waals surface area contributed by atoms with E-state index in [0.29, 0.717) is 5.82 Å². The second-order valence-corrected chi connectivity index (χ2v) is 4.71. The molecule has 0 amide bonds. The predicted molar refractivity (Wildman–Crippen MR) is 79.7 cm³/mol. The van der Waals surface area contributed by atoms with Gasteiger partial charge < -0.3 is 4.98 Å². The molecule has 0 aliphatic rings. The molecular weight excluding hydrogens is 270 g/mol. The van der Waals surface area contributed by atoms with E-state index in [2.05, 4.69) is 10.4 Å². The van der Waals surface area contributed by atoms with Crippen molar-refractivity contribution in [3.63, 3.8) is 0 Å². The second-order valence-electron chi connectivity index (χ2n) is 4.27. The van der Waals surface area contributed by atoms with Crippen molar-refractivity contribution in [2.45, 2.75) is 0 Å². The molecule has 2 aromatic heterocycles. The van der Waals surface area contributed by atoms with Crippen LogP contribution in [-0.2, 0) is 0 Å². The van der Waals surface area contributed by atoms with Gasteiger partial charge in [-0.3, -0.25) is 0 Å². The molecule has 0 spiro atoms. The fraction of sp³-hybridized carbons (Fsp3) is 0. The van der Waals surface area contributed by atoms with Crippen molar-refractivity contribution in [3.8, 4) is 11.1 Å². The van der Waals surface area contributed by atoms with E-state index < -0.39 is 0 Å². The van der Waals surface area contributed by atoms with E-state index in [1.807, 2.05) is 67.0 Å². The van der Waals surface area contributed by atoms with Gasteiger partial charge in [-0.2, -0.15) is 10.1 Å². The summed E-state index contributed by atoms with van der Waals surface area (Å²) in [5, 5.41) is 0.719. The molecule has 0 N–H and O–H groups in total. The largest absolute Gasteiger partial charge is 0.438 e. The lowest BCUT2D eigenvalue weighted by Crippen LogP contribution is -2.26. The lowest BCUT2D eigenvalue weighted by molar-refractivity contribution is -0.619. The molecule has 0 unspecified atom stereocenters. The molecule has 0 aliphatic heterocycles. The number of rotatable bonds is 3. The number of hydrogen-bond acceptors (Lipinski definition) is 1. The topological polar surface area (TPSA) is 30.9 Å². The maximum absolute atomic E-state index is 5.99.